The zero-order chi connectivity index (χ0) is 20.1. The van der Waals surface area contributed by atoms with Gasteiger partial charge in [0.25, 0.3) is 0 Å². The van der Waals surface area contributed by atoms with Gasteiger partial charge in [0.15, 0.2) is 0 Å². The fourth-order valence-corrected chi connectivity index (χ4v) is 3.99. The molecule has 2 heterocycles. The number of aryl methyl sites for hydroxylation is 2. The minimum absolute atomic E-state index is 0.577. The lowest BCUT2D eigenvalue weighted by Crippen LogP contribution is -2.32. The molecule has 2 aromatic rings. The van der Waals surface area contributed by atoms with Gasteiger partial charge >= 0.3 is 5.97 Å². The molecule has 5 heteroatoms. The normalized spacial score (nSPS) is 15.5. The van der Waals surface area contributed by atoms with Crippen molar-refractivity contribution in [2.45, 2.75) is 65.2 Å². The van der Waals surface area contributed by atoms with Crippen LogP contribution >= 0.6 is 0 Å². The van der Waals surface area contributed by atoms with E-state index in [9.17, 15) is 9.90 Å². The standard InChI is InChI=1S/C23H31N3O2/c1-4-9-18(22(27)28)20-19(5-2)24-23(26-14-7-6-8-15-26)25-21(20)17-12-10-16(3)11-13-17/h10-13,18H,4-9,14-15H2,1-3H3,(H,27,28). The number of carboxylic acid groups (broad SMARTS) is 1. The number of carbonyl (C=O) groups is 1. The second kappa shape index (κ2) is 9.18. The maximum absolute atomic E-state index is 12.1. The van der Waals surface area contributed by atoms with E-state index in [1.54, 1.807) is 0 Å². The highest BCUT2D eigenvalue weighted by Crippen LogP contribution is 2.35. The molecule has 1 aromatic heterocycles. The summed E-state index contributed by atoms with van der Waals surface area (Å²) in [6.07, 6.45) is 5.65. The first-order valence-corrected chi connectivity index (χ1v) is 10.5. The molecule has 1 N–H and O–H groups in total. The first-order valence-electron chi connectivity index (χ1n) is 10.5. The number of hydrogen-bond acceptors (Lipinski definition) is 4. The lowest BCUT2D eigenvalue weighted by Gasteiger charge is -2.29. The highest BCUT2D eigenvalue weighted by atomic mass is 16.4. The summed E-state index contributed by atoms with van der Waals surface area (Å²) in [6.45, 7) is 8.06. The van der Waals surface area contributed by atoms with Crippen LogP contribution in [-0.2, 0) is 11.2 Å². The number of rotatable bonds is 7. The van der Waals surface area contributed by atoms with E-state index < -0.39 is 11.9 Å². The lowest BCUT2D eigenvalue weighted by molar-refractivity contribution is -0.139. The molecule has 150 valence electrons. The first-order chi connectivity index (χ1) is 13.5. The topological polar surface area (TPSA) is 66.3 Å². The van der Waals surface area contributed by atoms with Gasteiger partial charge in [0.1, 0.15) is 0 Å². The van der Waals surface area contributed by atoms with Crippen LogP contribution in [0, 0.1) is 6.92 Å². The fourth-order valence-electron chi connectivity index (χ4n) is 3.99. The third-order valence-electron chi connectivity index (χ3n) is 5.54. The Morgan fingerprint density at radius 3 is 2.36 bits per heavy atom. The maximum atomic E-state index is 12.1. The van der Waals surface area contributed by atoms with E-state index in [0.29, 0.717) is 12.8 Å². The zero-order valence-electron chi connectivity index (χ0n) is 17.2. The second-order valence-electron chi connectivity index (χ2n) is 7.68. The average Bonchev–Trinajstić information content (AvgIpc) is 2.72. The predicted molar refractivity (Wildman–Crippen MR) is 113 cm³/mol. The number of carboxylic acids is 1. The van der Waals surface area contributed by atoms with Crippen LogP contribution < -0.4 is 4.90 Å². The van der Waals surface area contributed by atoms with Crippen LogP contribution in [0.1, 0.15) is 68.7 Å². The van der Waals surface area contributed by atoms with Gasteiger partial charge in [0.05, 0.1) is 17.3 Å². The molecule has 1 saturated heterocycles. The highest BCUT2D eigenvalue weighted by Gasteiger charge is 2.29. The average molecular weight is 382 g/mol. The van der Waals surface area contributed by atoms with Crippen molar-refractivity contribution in [1.29, 1.82) is 0 Å². The quantitative estimate of drug-likeness (QED) is 0.733. The van der Waals surface area contributed by atoms with Crippen LogP contribution in [0.5, 0.6) is 0 Å². The molecule has 0 saturated carbocycles. The van der Waals surface area contributed by atoms with Crippen LogP contribution in [0.15, 0.2) is 24.3 Å². The van der Waals surface area contributed by atoms with Crippen LogP contribution in [-0.4, -0.2) is 34.1 Å². The minimum Gasteiger partial charge on any atom is -0.481 e. The number of aliphatic carboxylic acids is 1. The van der Waals surface area contributed by atoms with E-state index in [4.69, 9.17) is 9.97 Å². The van der Waals surface area contributed by atoms with Crippen molar-refractivity contribution in [1.82, 2.24) is 9.97 Å². The third kappa shape index (κ3) is 4.34. The van der Waals surface area contributed by atoms with E-state index in [-0.39, 0.29) is 0 Å². The molecule has 28 heavy (non-hydrogen) atoms. The summed E-state index contributed by atoms with van der Waals surface area (Å²) in [5, 5.41) is 9.95. The summed E-state index contributed by atoms with van der Waals surface area (Å²) < 4.78 is 0. The minimum atomic E-state index is -0.792. The molecule has 0 bridgehead atoms. The monoisotopic (exact) mass is 381 g/mol. The predicted octanol–water partition coefficient (Wildman–Crippen LogP) is 4.97. The molecule has 0 radical (unpaired) electrons. The molecule has 0 spiro atoms. The largest absolute Gasteiger partial charge is 0.481 e. The van der Waals surface area contributed by atoms with E-state index in [1.807, 2.05) is 19.1 Å². The van der Waals surface area contributed by atoms with Gasteiger partial charge in [0, 0.05) is 24.2 Å². The van der Waals surface area contributed by atoms with Crippen molar-refractivity contribution >= 4 is 11.9 Å². The SMILES string of the molecule is CCCC(C(=O)O)c1c(CC)nc(N2CCCCC2)nc1-c1ccc(C)cc1. The number of aromatic nitrogens is 2. The fraction of sp³-hybridized carbons (Fsp3) is 0.522. The molecule has 1 unspecified atom stereocenters. The van der Waals surface area contributed by atoms with Gasteiger partial charge in [-0.3, -0.25) is 4.79 Å². The number of nitrogens with zero attached hydrogens (tertiary/aromatic N) is 3. The Kier molecular flexibility index (Phi) is 6.65. The number of benzene rings is 1. The summed E-state index contributed by atoms with van der Waals surface area (Å²) in [6, 6.07) is 8.21. The molecular weight excluding hydrogens is 350 g/mol. The Hall–Kier alpha value is -2.43. The summed E-state index contributed by atoms with van der Waals surface area (Å²) in [5.41, 5.74) is 4.59. The van der Waals surface area contributed by atoms with Crippen LogP contribution in [0.4, 0.5) is 5.95 Å². The molecule has 1 aliphatic heterocycles. The summed E-state index contributed by atoms with van der Waals surface area (Å²) in [5.74, 6) is -0.623. The third-order valence-corrected chi connectivity index (χ3v) is 5.54. The van der Waals surface area contributed by atoms with Crippen molar-refractivity contribution in [2.24, 2.45) is 0 Å². The first kappa shape index (κ1) is 20.3. The Bertz CT molecular complexity index is 811. The molecule has 1 aromatic carbocycles. The molecular formula is C23H31N3O2. The molecule has 3 rings (SSSR count). The van der Waals surface area contributed by atoms with Gasteiger partial charge < -0.3 is 10.0 Å². The Morgan fingerprint density at radius 2 is 1.79 bits per heavy atom. The molecule has 1 atom stereocenters. The van der Waals surface area contributed by atoms with Gasteiger partial charge in [-0.25, -0.2) is 9.97 Å². The highest BCUT2D eigenvalue weighted by molar-refractivity contribution is 5.81. The van der Waals surface area contributed by atoms with E-state index in [2.05, 4.69) is 30.9 Å². The summed E-state index contributed by atoms with van der Waals surface area (Å²) in [4.78, 5) is 24.2. The molecule has 0 amide bonds. The second-order valence-corrected chi connectivity index (χ2v) is 7.68. The van der Waals surface area contributed by atoms with Crippen molar-refractivity contribution in [3.63, 3.8) is 0 Å². The number of hydrogen-bond donors (Lipinski definition) is 1. The van der Waals surface area contributed by atoms with Crippen LogP contribution in [0.3, 0.4) is 0 Å². The van der Waals surface area contributed by atoms with E-state index in [0.717, 1.165) is 60.8 Å². The molecule has 0 aliphatic carbocycles. The number of piperidine rings is 1. The summed E-state index contributed by atoms with van der Waals surface area (Å²) >= 11 is 0. The Morgan fingerprint density at radius 1 is 1.11 bits per heavy atom. The van der Waals surface area contributed by atoms with Gasteiger partial charge in [-0.15, -0.1) is 0 Å². The lowest BCUT2D eigenvalue weighted by atomic mass is 9.88. The molecule has 5 nitrogen and oxygen atoms in total. The molecule has 1 aliphatic rings. The smallest absolute Gasteiger partial charge is 0.311 e. The van der Waals surface area contributed by atoms with Gasteiger partial charge in [-0.1, -0.05) is 50.1 Å². The molecule has 1 fully saturated rings. The zero-order valence-corrected chi connectivity index (χ0v) is 17.2. The van der Waals surface area contributed by atoms with E-state index in [1.165, 1.54) is 12.0 Å². The van der Waals surface area contributed by atoms with Gasteiger partial charge in [-0.05, 0) is 39.0 Å². The van der Waals surface area contributed by atoms with Crippen LogP contribution in [0.2, 0.25) is 0 Å². The van der Waals surface area contributed by atoms with Gasteiger partial charge in [0.2, 0.25) is 5.95 Å². The van der Waals surface area contributed by atoms with E-state index >= 15 is 0 Å². The Balaban J connectivity index is 2.20. The van der Waals surface area contributed by atoms with Crippen molar-refractivity contribution in [2.75, 3.05) is 18.0 Å². The van der Waals surface area contributed by atoms with Crippen molar-refractivity contribution < 1.29 is 9.90 Å². The summed E-state index contributed by atoms with van der Waals surface area (Å²) in [7, 11) is 0. The maximum Gasteiger partial charge on any atom is 0.311 e. The van der Waals surface area contributed by atoms with Crippen LogP contribution in [0.25, 0.3) is 11.3 Å². The van der Waals surface area contributed by atoms with Crippen molar-refractivity contribution in [3.8, 4) is 11.3 Å². The van der Waals surface area contributed by atoms with Crippen molar-refractivity contribution in [3.05, 3.63) is 41.1 Å². The Labute approximate surface area is 167 Å². The van der Waals surface area contributed by atoms with Gasteiger partial charge in [-0.2, -0.15) is 0 Å². The number of anilines is 1.